The molecule has 0 amide bonds. The van der Waals surface area contributed by atoms with Crippen molar-refractivity contribution in [3.8, 4) is 5.75 Å². The van der Waals surface area contributed by atoms with Gasteiger partial charge in [0, 0.05) is 20.1 Å². The fourth-order valence-corrected chi connectivity index (χ4v) is 2.11. The Hall–Kier alpha value is -0.980. The van der Waals surface area contributed by atoms with E-state index in [-0.39, 0.29) is 24.0 Å². The predicted octanol–water partition coefficient (Wildman–Crippen LogP) is 3.09. The van der Waals surface area contributed by atoms with Crippen molar-refractivity contribution in [2.45, 2.75) is 33.2 Å². The molecule has 0 spiro atoms. The van der Waals surface area contributed by atoms with Crippen LogP contribution >= 0.6 is 24.0 Å². The number of rotatable bonds is 6. The summed E-state index contributed by atoms with van der Waals surface area (Å²) >= 11 is 0. The highest BCUT2D eigenvalue weighted by Gasteiger charge is 2.20. The second kappa shape index (κ2) is 9.12. The summed E-state index contributed by atoms with van der Waals surface area (Å²) in [6.07, 6.45) is 2.70. The van der Waals surface area contributed by atoms with E-state index in [4.69, 9.17) is 4.74 Å². The molecule has 1 aliphatic rings. The molecule has 1 saturated carbocycles. The van der Waals surface area contributed by atoms with Crippen molar-refractivity contribution in [2.24, 2.45) is 10.9 Å². The third kappa shape index (κ3) is 6.11. The molecule has 21 heavy (non-hydrogen) atoms. The van der Waals surface area contributed by atoms with Crippen LogP contribution in [0.1, 0.15) is 30.9 Å². The molecule has 0 aromatic heterocycles. The van der Waals surface area contributed by atoms with Crippen LogP contribution in [0.4, 0.5) is 0 Å². The highest BCUT2D eigenvalue weighted by molar-refractivity contribution is 14.0. The van der Waals surface area contributed by atoms with Gasteiger partial charge in [0.1, 0.15) is 5.75 Å². The van der Waals surface area contributed by atoms with Crippen LogP contribution in [-0.4, -0.2) is 26.2 Å². The van der Waals surface area contributed by atoms with E-state index in [0.29, 0.717) is 6.61 Å². The molecule has 1 aromatic rings. The number of nitrogens with one attached hydrogen (secondary N) is 2. The van der Waals surface area contributed by atoms with Crippen molar-refractivity contribution in [3.63, 3.8) is 0 Å². The Morgan fingerprint density at radius 3 is 2.67 bits per heavy atom. The van der Waals surface area contributed by atoms with Gasteiger partial charge in [-0.25, -0.2) is 0 Å². The number of benzene rings is 1. The highest BCUT2D eigenvalue weighted by Crippen LogP contribution is 2.27. The van der Waals surface area contributed by atoms with Gasteiger partial charge < -0.3 is 15.4 Å². The van der Waals surface area contributed by atoms with Crippen LogP contribution in [0.3, 0.4) is 0 Å². The van der Waals surface area contributed by atoms with Crippen molar-refractivity contribution in [1.82, 2.24) is 10.6 Å². The maximum Gasteiger partial charge on any atom is 0.191 e. The number of hydrogen-bond donors (Lipinski definition) is 2. The van der Waals surface area contributed by atoms with Gasteiger partial charge in [-0.05, 0) is 49.8 Å². The SMILES string of the molecule is CCOc1ccc(CNC(=NC)NCC2CC2)cc1C.I. The molecule has 0 bridgehead atoms. The summed E-state index contributed by atoms with van der Waals surface area (Å²) in [4.78, 5) is 4.24. The van der Waals surface area contributed by atoms with Gasteiger partial charge >= 0.3 is 0 Å². The molecular formula is C16H26IN3O. The Balaban J connectivity index is 0.00000220. The Morgan fingerprint density at radius 2 is 2.10 bits per heavy atom. The van der Waals surface area contributed by atoms with Gasteiger partial charge in [0.05, 0.1) is 6.61 Å². The molecule has 0 aliphatic heterocycles. The first-order valence-electron chi connectivity index (χ1n) is 7.39. The Kier molecular flexibility index (Phi) is 7.85. The predicted molar refractivity (Wildman–Crippen MR) is 98.7 cm³/mol. The number of halogens is 1. The number of aliphatic imine (C=N–C) groups is 1. The number of ether oxygens (including phenoxy) is 1. The summed E-state index contributed by atoms with van der Waals surface area (Å²) in [5.41, 5.74) is 2.41. The summed E-state index contributed by atoms with van der Waals surface area (Å²) in [7, 11) is 1.81. The monoisotopic (exact) mass is 403 g/mol. The molecule has 0 radical (unpaired) electrons. The van der Waals surface area contributed by atoms with E-state index in [0.717, 1.165) is 30.7 Å². The minimum absolute atomic E-state index is 0. The minimum atomic E-state index is 0. The Bertz CT molecular complexity index is 473. The van der Waals surface area contributed by atoms with Crippen LogP contribution in [0.15, 0.2) is 23.2 Å². The number of aryl methyl sites for hydroxylation is 1. The molecule has 0 heterocycles. The zero-order chi connectivity index (χ0) is 14.4. The smallest absolute Gasteiger partial charge is 0.191 e. The van der Waals surface area contributed by atoms with Gasteiger partial charge in [0.25, 0.3) is 0 Å². The quantitative estimate of drug-likeness (QED) is 0.436. The van der Waals surface area contributed by atoms with E-state index in [1.165, 1.54) is 24.0 Å². The first-order chi connectivity index (χ1) is 9.72. The lowest BCUT2D eigenvalue weighted by molar-refractivity contribution is 0.338. The zero-order valence-corrected chi connectivity index (χ0v) is 15.4. The normalized spacial score (nSPS) is 14.3. The fourth-order valence-electron chi connectivity index (χ4n) is 2.11. The molecule has 2 rings (SSSR count). The van der Waals surface area contributed by atoms with Crippen molar-refractivity contribution < 1.29 is 4.74 Å². The van der Waals surface area contributed by atoms with Crippen molar-refractivity contribution in [1.29, 1.82) is 0 Å². The number of nitrogens with zero attached hydrogens (tertiary/aromatic N) is 1. The first kappa shape index (κ1) is 18.1. The van der Waals surface area contributed by atoms with Crippen LogP contribution in [0, 0.1) is 12.8 Å². The molecule has 118 valence electrons. The summed E-state index contributed by atoms with van der Waals surface area (Å²) in [6.45, 7) is 6.59. The van der Waals surface area contributed by atoms with E-state index >= 15 is 0 Å². The van der Waals surface area contributed by atoms with E-state index in [1.807, 2.05) is 20.0 Å². The van der Waals surface area contributed by atoms with Crippen molar-refractivity contribution in [2.75, 3.05) is 20.2 Å². The second-order valence-corrected chi connectivity index (χ2v) is 5.28. The van der Waals surface area contributed by atoms with Crippen molar-refractivity contribution in [3.05, 3.63) is 29.3 Å². The fraction of sp³-hybridized carbons (Fsp3) is 0.562. The van der Waals surface area contributed by atoms with Gasteiger partial charge in [0.2, 0.25) is 0 Å². The average molecular weight is 403 g/mol. The minimum Gasteiger partial charge on any atom is -0.494 e. The summed E-state index contributed by atoms with van der Waals surface area (Å²) < 4.78 is 5.55. The molecule has 4 nitrogen and oxygen atoms in total. The van der Waals surface area contributed by atoms with Gasteiger partial charge in [-0.2, -0.15) is 0 Å². The molecule has 0 atom stereocenters. The lowest BCUT2D eigenvalue weighted by Gasteiger charge is -2.13. The lowest BCUT2D eigenvalue weighted by Crippen LogP contribution is -2.37. The van der Waals surface area contributed by atoms with Gasteiger partial charge in [0.15, 0.2) is 5.96 Å². The lowest BCUT2D eigenvalue weighted by atomic mass is 10.1. The van der Waals surface area contributed by atoms with E-state index in [1.54, 1.807) is 0 Å². The maximum atomic E-state index is 5.55. The van der Waals surface area contributed by atoms with Crippen LogP contribution in [0.5, 0.6) is 5.75 Å². The van der Waals surface area contributed by atoms with E-state index < -0.39 is 0 Å². The van der Waals surface area contributed by atoms with Gasteiger partial charge in [-0.1, -0.05) is 12.1 Å². The molecule has 1 aliphatic carbocycles. The third-order valence-electron chi connectivity index (χ3n) is 3.48. The summed E-state index contributed by atoms with van der Waals surface area (Å²) in [5, 5.41) is 6.71. The molecule has 0 saturated heterocycles. The largest absolute Gasteiger partial charge is 0.494 e. The Labute approximate surface area is 144 Å². The number of guanidine groups is 1. The van der Waals surface area contributed by atoms with E-state index in [2.05, 4.69) is 34.7 Å². The molecule has 2 N–H and O–H groups in total. The molecule has 1 fully saturated rings. The first-order valence-corrected chi connectivity index (χ1v) is 7.39. The molecule has 0 unspecified atom stereocenters. The number of hydrogen-bond acceptors (Lipinski definition) is 2. The topological polar surface area (TPSA) is 45.6 Å². The average Bonchev–Trinajstić information content (AvgIpc) is 3.26. The molecular weight excluding hydrogens is 377 g/mol. The van der Waals surface area contributed by atoms with E-state index in [9.17, 15) is 0 Å². The van der Waals surface area contributed by atoms with Gasteiger partial charge in [-0.3, -0.25) is 4.99 Å². The molecule has 1 aromatic carbocycles. The molecule has 5 heteroatoms. The zero-order valence-electron chi connectivity index (χ0n) is 13.1. The summed E-state index contributed by atoms with van der Waals surface area (Å²) in [5.74, 6) is 2.69. The van der Waals surface area contributed by atoms with Crippen LogP contribution in [0.25, 0.3) is 0 Å². The standard InChI is InChI=1S/C16H25N3O.HI/c1-4-20-15-8-7-14(9-12(15)2)11-19-16(17-3)18-10-13-5-6-13;/h7-9,13H,4-6,10-11H2,1-3H3,(H2,17,18,19);1H. The van der Waals surface area contributed by atoms with Crippen LogP contribution < -0.4 is 15.4 Å². The maximum absolute atomic E-state index is 5.55. The van der Waals surface area contributed by atoms with Crippen LogP contribution in [-0.2, 0) is 6.54 Å². The van der Waals surface area contributed by atoms with Crippen LogP contribution in [0.2, 0.25) is 0 Å². The summed E-state index contributed by atoms with van der Waals surface area (Å²) in [6, 6.07) is 6.29. The second-order valence-electron chi connectivity index (χ2n) is 5.28. The van der Waals surface area contributed by atoms with Gasteiger partial charge in [-0.15, -0.1) is 24.0 Å². The Morgan fingerprint density at radius 1 is 1.33 bits per heavy atom. The van der Waals surface area contributed by atoms with Crippen molar-refractivity contribution >= 4 is 29.9 Å². The highest BCUT2D eigenvalue weighted by atomic mass is 127. The third-order valence-corrected chi connectivity index (χ3v) is 3.48.